The minimum Gasteiger partial charge on any atom is -0.468 e. The molecule has 0 radical (unpaired) electrons. The van der Waals surface area contributed by atoms with Crippen molar-refractivity contribution in [2.75, 3.05) is 13.7 Å². The van der Waals surface area contributed by atoms with Crippen molar-refractivity contribution < 1.29 is 38.1 Å². The molecule has 0 fully saturated rings. The summed E-state index contributed by atoms with van der Waals surface area (Å²) in [6, 6.07) is 4.58. The summed E-state index contributed by atoms with van der Waals surface area (Å²) in [5, 5.41) is 0. The molecule has 2 atom stereocenters. The van der Waals surface area contributed by atoms with Crippen molar-refractivity contribution in [1.82, 2.24) is 0 Å². The molecule has 33 heavy (non-hydrogen) atoms. The fourth-order valence-electron chi connectivity index (χ4n) is 3.07. The first-order chi connectivity index (χ1) is 15.6. The van der Waals surface area contributed by atoms with E-state index in [1.54, 1.807) is 26.8 Å². The van der Waals surface area contributed by atoms with Crippen LogP contribution in [0, 0.1) is 5.92 Å². The molecule has 9 heteroatoms. The van der Waals surface area contributed by atoms with E-state index in [1.807, 2.05) is 6.92 Å². The minimum absolute atomic E-state index is 0.0143. The van der Waals surface area contributed by atoms with Gasteiger partial charge >= 0.3 is 23.9 Å². The predicted octanol–water partition coefficient (Wildman–Crippen LogP) is 3.10. The quantitative estimate of drug-likeness (QED) is 0.345. The van der Waals surface area contributed by atoms with Crippen molar-refractivity contribution in [3.63, 3.8) is 0 Å². The molecular weight excluding hydrogens is 430 g/mol. The lowest BCUT2D eigenvalue weighted by Gasteiger charge is -2.27. The molecule has 0 aromatic heterocycles. The van der Waals surface area contributed by atoms with Gasteiger partial charge in [0.05, 0.1) is 19.6 Å². The lowest BCUT2D eigenvalue weighted by Crippen LogP contribution is -2.51. The van der Waals surface area contributed by atoms with Crippen molar-refractivity contribution >= 4 is 23.9 Å². The second kappa shape index (κ2) is 13.6. The fraction of sp³-hybridized carbons (Fsp3) is 0.583. The summed E-state index contributed by atoms with van der Waals surface area (Å²) in [7, 11) is 1.22. The molecule has 184 valence electrons. The third-order valence-electron chi connectivity index (χ3n) is 5.06. The third kappa shape index (κ3) is 8.84. The number of benzene rings is 1. The van der Waals surface area contributed by atoms with Crippen LogP contribution in [0.4, 0.5) is 0 Å². The van der Waals surface area contributed by atoms with Gasteiger partial charge in [-0.25, -0.2) is 0 Å². The predicted molar refractivity (Wildman–Crippen MR) is 121 cm³/mol. The van der Waals surface area contributed by atoms with Gasteiger partial charge in [-0.05, 0) is 24.1 Å². The van der Waals surface area contributed by atoms with Gasteiger partial charge in [0, 0.05) is 25.7 Å². The SMILES string of the molecule is CCCC(C)C(=O)OCC[C@@](N)(Cc1ccc(OC(=O)CC)c(OC(=O)CC)c1)C(=O)OC. The van der Waals surface area contributed by atoms with E-state index in [1.165, 1.54) is 19.2 Å². The van der Waals surface area contributed by atoms with Crippen LogP contribution in [-0.2, 0) is 35.1 Å². The van der Waals surface area contributed by atoms with Gasteiger partial charge in [0.2, 0.25) is 0 Å². The summed E-state index contributed by atoms with van der Waals surface area (Å²) in [6.07, 6.45) is 1.87. The average molecular weight is 466 g/mol. The van der Waals surface area contributed by atoms with Crippen LogP contribution in [0.2, 0.25) is 0 Å². The van der Waals surface area contributed by atoms with Crippen LogP contribution in [0.25, 0.3) is 0 Å². The second-order valence-electron chi connectivity index (χ2n) is 7.87. The standard InChI is InChI=1S/C24H35NO8/c1-6-9-16(4)22(28)31-13-12-24(25,23(29)30-5)15-17-10-11-18(32-20(26)7-2)19(14-17)33-21(27)8-3/h10-11,14,16H,6-9,12-13,15,25H2,1-5H3/t16?,24-/m1/s1. The Bertz CT molecular complexity index is 838. The number of ether oxygens (including phenoxy) is 4. The molecule has 1 unspecified atom stereocenters. The smallest absolute Gasteiger partial charge is 0.326 e. The number of rotatable bonds is 13. The molecule has 1 rings (SSSR count). The van der Waals surface area contributed by atoms with E-state index in [0.29, 0.717) is 12.0 Å². The molecule has 1 aromatic carbocycles. The lowest BCUT2D eigenvalue weighted by molar-refractivity contribution is -0.153. The molecule has 1 aromatic rings. The zero-order valence-corrected chi connectivity index (χ0v) is 20.1. The van der Waals surface area contributed by atoms with E-state index in [4.69, 9.17) is 24.7 Å². The highest BCUT2D eigenvalue weighted by molar-refractivity contribution is 5.81. The Labute approximate surface area is 194 Å². The summed E-state index contributed by atoms with van der Waals surface area (Å²) in [4.78, 5) is 48.1. The Morgan fingerprint density at radius 3 is 2.15 bits per heavy atom. The van der Waals surface area contributed by atoms with Crippen molar-refractivity contribution in [2.24, 2.45) is 11.7 Å². The molecule has 2 N–H and O–H groups in total. The van der Waals surface area contributed by atoms with Crippen LogP contribution >= 0.6 is 0 Å². The highest BCUT2D eigenvalue weighted by Crippen LogP contribution is 2.31. The van der Waals surface area contributed by atoms with Gasteiger partial charge in [0.1, 0.15) is 5.54 Å². The van der Waals surface area contributed by atoms with Gasteiger partial charge in [0.15, 0.2) is 11.5 Å². The number of carbonyl (C=O) groups is 4. The molecule has 0 bridgehead atoms. The van der Waals surface area contributed by atoms with Gasteiger partial charge in [-0.1, -0.05) is 40.2 Å². The normalized spacial score (nSPS) is 13.4. The van der Waals surface area contributed by atoms with E-state index < -0.39 is 23.4 Å². The zero-order valence-electron chi connectivity index (χ0n) is 20.1. The van der Waals surface area contributed by atoms with Crippen molar-refractivity contribution in [3.05, 3.63) is 23.8 Å². The van der Waals surface area contributed by atoms with E-state index in [-0.39, 0.29) is 55.7 Å². The highest BCUT2D eigenvalue weighted by atomic mass is 16.6. The van der Waals surface area contributed by atoms with Gasteiger partial charge in [-0.3, -0.25) is 19.2 Å². The molecule has 0 aliphatic heterocycles. The number of esters is 4. The topological polar surface area (TPSA) is 131 Å². The Balaban J connectivity index is 3.07. The van der Waals surface area contributed by atoms with Gasteiger partial charge < -0.3 is 24.7 Å². The molecule has 9 nitrogen and oxygen atoms in total. The maximum atomic E-state index is 12.5. The molecular formula is C24H35NO8. The van der Waals surface area contributed by atoms with Crippen LogP contribution in [0.5, 0.6) is 11.5 Å². The molecule has 0 spiro atoms. The van der Waals surface area contributed by atoms with Crippen LogP contribution in [-0.4, -0.2) is 43.1 Å². The van der Waals surface area contributed by atoms with Crippen LogP contribution in [0.1, 0.15) is 65.4 Å². The maximum absolute atomic E-state index is 12.5. The summed E-state index contributed by atoms with van der Waals surface area (Å²) in [5.74, 6) is -2.12. The van der Waals surface area contributed by atoms with Crippen LogP contribution in [0.15, 0.2) is 18.2 Å². The Morgan fingerprint density at radius 2 is 1.61 bits per heavy atom. The molecule has 0 saturated carbocycles. The zero-order chi connectivity index (χ0) is 25.0. The summed E-state index contributed by atoms with van der Waals surface area (Å²) < 4.78 is 20.7. The summed E-state index contributed by atoms with van der Waals surface area (Å²) >= 11 is 0. The number of carbonyl (C=O) groups excluding carboxylic acids is 4. The van der Waals surface area contributed by atoms with Gasteiger partial charge in [0.25, 0.3) is 0 Å². The van der Waals surface area contributed by atoms with E-state index in [0.717, 1.165) is 6.42 Å². The maximum Gasteiger partial charge on any atom is 0.326 e. The number of hydrogen-bond acceptors (Lipinski definition) is 9. The first-order valence-corrected chi connectivity index (χ1v) is 11.2. The van der Waals surface area contributed by atoms with Crippen LogP contribution < -0.4 is 15.2 Å². The Kier molecular flexibility index (Phi) is 11.6. The molecule has 0 saturated heterocycles. The lowest BCUT2D eigenvalue weighted by atomic mass is 9.88. The molecule has 0 aliphatic rings. The van der Waals surface area contributed by atoms with Crippen molar-refractivity contribution in [3.8, 4) is 11.5 Å². The van der Waals surface area contributed by atoms with Crippen molar-refractivity contribution in [1.29, 1.82) is 0 Å². The summed E-state index contributed by atoms with van der Waals surface area (Å²) in [6.45, 7) is 6.99. The largest absolute Gasteiger partial charge is 0.468 e. The fourth-order valence-corrected chi connectivity index (χ4v) is 3.07. The first-order valence-electron chi connectivity index (χ1n) is 11.2. The Hall–Kier alpha value is -2.94. The minimum atomic E-state index is -1.49. The van der Waals surface area contributed by atoms with Gasteiger partial charge in [-0.15, -0.1) is 0 Å². The summed E-state index contributed by atoms with van der Waals surface area (Å²) in [5.41, 5.74) is 5.42. The first kappa shape index (κ1) is 28.1. The van der Waals surface area contributed by atoms with Crippen molar-refractivity contribution in [2.45, 2.75) is 71.8 Å². The molecule has 0 amide bonds. The van der Waals surface area contributed by atoms with E-state index in [2.05, 4.69) is 0 Å². The third-order valence-corrected chi connectivity index (χ3v) is 5.06. The second-order valence-corrected chi connectivity index (χ2v) is 7.87. The average Bonchev–Trinajstić information content (AvgIpc) is 2.79. The highest BCUT2D eigenvalue weighted by Gasteiger charge is 2.36. The van der Waals surface area contributed by atoms with Crippen LogP contribution in [0.3, 0.4) is 0 Å². The monoisotopic (exact) mass is 465 g/mol. The molecule has 0 heterocycles. The molecule has 0 aliphatic carbocycles. The number of hydrogen-bond donors (Lipinski definition) is 1. The van der Waals surface area contributed by atoms with E-state index >= 15 is 0 Å². The van der Waals surface area contributed by atoms with E-state index in [9.17, 15) is 19.2 Å². The van der Waals surface area contributed by atoms with Gasteiger partial charge in [-0.2, -0.15) is 0 Å². The number of methoxy groups -OCH3 is 1. The Morgan fingerprint density at radius 1 is 1.00 bits per heavy atom. The number of nitrogens with two attached hydrogens (primary N) is 1.